The average molecular weight is 354 g/mol. The van der Waals surface area contributed by atoms with E-state index in [1.807, 2.05) is 31.2 Å². The molecule has 0 atom stereocenters. The molecule has 0 bridgehead atoms. The molecule has 1 aliphatic heterocycles. The van der Waals surface area contributed by atoms with Crippen LogP contribution < -0.4 is 4.74 Å². The normalized spacial score (nSPS) is 16.7. The highest BCUT2D eigenvalue weighted by Gasteiger charge is 2.25. The van der Waals surface area contributed by atoms with Gasteiger partial charge in [-0.25, -0.2) is 12.7 Å². The molecule has 0 saturated carbocycles. The summed E-state index contributed by atoms with van der Waals surface area (Å²) in [6.45, 7) is 6.12. The van der Waals surface area contributed by atoms with Crippen molar-refractivity contribution < 1.29 is 17.9 Å². The lowest BCUT2D eigenvalue weighted by Gasteiger charge is -2.21. The lowest BCUT2D eigenvalue weighted by molar-refractivity contribution is -0.130. The Labute approximate surface area is 144 Å². The van der Waals surface area contributed by atoms with Gasteiger partial charge >= 0.3 is 0 Å². The molecule has 6 nitrogen and oxygen atoms in total. The lowest BCUT2D eigenvalue weighted by atomic mass is 10.1. The van der Waals surface area contributed by atoms with Crippen LogP contribution in [-0.2, 0) is 21.2 Å². The molecule has 2 rings (SSSR count). The fraction of sp³-hybridized carbons (Fsp3) is 0.588. The summed E-state index contributed by atoms with van der Waals surface area (Å²) in [6.07, 6.45) is 1.00. The standard InChI is InChI=1S/C17H26N2O4S/c1-3-23-16-8-6-15(7-9-16)14-17(20)18-10-5-11-19(13-12-18)24(21,22)4-2/h6-9H,3-5,10-14H2,1-2H3. The second-order valence-corrected chi connectivity index (χ2v) is 8.05. The van der Waals surface area contributed by atoms with Crippen LogP contribution in [0.4, 0.5) is 0 Å². The van der Waals surface area contributed by atoms with Crippen LogP contribution in [0.25, 0.3) is 0 Å². The maximum Gasteiger partial charge on any atom is 0.227 e. The van der Waals surface area contributed by atoms with Crippen molar-refractivity contribution in [1.29, 1.82) is 0 Å². The Morgan fingerprint density at radius 3 is 2.42 bits per heavy atom. The first-order valence-corrected chi connectivity index (χ1v) is 10.0. The summed E-state index contributed by atoms with van der Waals surface area (Å²) in [4.78, 5) is 14.2. The number of hydrogen-bond donors (Lipinski definition) is 0. The van der Waals surface area contributed by atoms with E-state index in [1.165, 1.54) is 4.31 Å². The zero-order chi connectivity index (χ0) is 17.6. The van der Waals surface area contributed by atoms with E-state index in [0.29, 0.717) is 45.6 Å². The van der Waals surface area contributed by atoms with Gasteiger partial charge in [-0.05, 0) is 38.0 Å². The van der Waals surface area contributed by atoms with Gasteiger partial charge in [-0.2, -0.15) is 0 Å². The topological polar surface area (TPSA) is 66.9 Å². The van der Waals surface area contributed by atoms with Crippen molar-refractivity contribution >= 4 is 15.9 Å². The molecule has 7 heteroatoms. The number of rotatable bonds is 6. The Morgan fingerprint density at radius 2 is 1.79 bits per heavy atom. The predicted molar refractivity (Wildman–Crippen MR) is 93.5 cm³/mol. The third-order valence-electron chi connectivity index (χ3n) is 4.16. The Kier molecular flexibility index (Phi) is 6.62. The van der Waals surface area contributed by atoms with Crippen molar-refractivity contribution in [3.63, 3.8) is 0 Å². The molecule has 0 radical (unpaired) electrons. The molecule has 0 N–H and O–H groups in total. The number of carbonyl (C=O) groups is 1. The number of sulfonamides is 1. The molecular weight excluding hydrogens is 328 g/mol. The van der Waals surface area contributed by atoms with E-state index in [0.717, 1.165) is 11.3 Å². The molecule has 0 spiro atoms. The lowest BCUT2D eigenvalue weighted by Crippen LogP contribution is -2.38. The molecular formula is C17H26N2O4S. The van der Waals surface area contributed by atoms with Gasteiger partial charge in [-0.15, -0.1) is 0 Å². The van der Waals surface area contributed by atoms with Gasteiger partial charge in [0.15, 0.2) is 0 Å². The zero-order valence-corrected chi connectivity index (χ0v) is 15.2. The molecule has 134 valence electrons. The minimum absolute atomic E-state index is 0.0370. The van der Waals surface area contributed by atoms with E-state index in [1.54, 1.807) is 11.8 Å². The maximum atomic E-state index is 12.5. The van der Waals surface area contributed by atoms with Crippen LogP contribution in [0.1, 0.15) is 25.8 Å². The van der Waals surface area contributed by atoms with Crippen molar-refractivity contribution in [2.45, 2.75) is 26.7 Å². The predicted octanol–water partition coefficient (Wildman–Crippen LogP) is 1.51. The van der Waals surface area contributed by atoms with Crippen LogP contribution in [0, 0.1) is 0 Å². The fourth-order valence-electron chi connectivity index (χ4n) is 2.76. The summed E-state index contributed by atoms with van der Waals surface area (Å²) in [5, 5.41) is 0. The summed E-state index contributed by atoms with van der Waals surface area (Å²) >= 11 is 0. The minimum atomic E-state index is -3.18. The Bertz CT molecular complexity index is 643. The first-order chi connectivity index (χ1) is 11.5. The highest BCUT2D eigenvalue weighted by atomic mass is 32.2. The maximum absolute atomic E-state index is 12.5. The van der Waals surface area contributed by atoms with E-state index in [9.17, 15) is 13.2 Å². The Morgan fingerprint density at radius 1 is 1.08 bits per heavy atom. The van der Waals surface area contributed by atoms with Gasteiger partial charge in [-0.3, -0.25) is 4.79 Å². The molecule has 1 saturated heterocycles. The highest BCUT2D eigenvalue weighted by Crippen LogP contribution is 2.14. The van der Waals surface area contributed by atoms with E-state index < -0.39 is 10.0 Å². The Hall–Kier alpha value is -1.60. The van der Waals surface area contributed by atoms with E-state index in [4.69, 9.17) is 4.74 Å². The smallest absolute Gasteiger partial charge is 0.227 e. The second kappa shape index (κ2) is 8.48. The fourth-order valence-corrected chi connectivity index (χ4v) is 3.89. The van der Waals surface area contributed by atoms with Gasteiger partial charge in [0.2, 0.25) is 15.9 Å². The van der Waals surface area contributed by atoms with Crippen LogP contribution in [0.15, 0.2) is 24.3 Å². The number of nitrogens with zero attached hydrogens (tertiary/aromatic N) is 2. The van der Waals surface area contributed by atoms with E-state index in [-0.39, 0.29) is 11.7 Å². The largest absolute Gasteiger partial charge is 0.494 e. The molecule has 1 heterocycles. The Balaban J connectivity index is 1.93. The molecule has 1 aromatic carbocycles. The molecule has 0 aromatic heterocycles. The first-order valence-electron chi connectivity index (χ1n) is 8.43. The van der Waals surface area contributed by atoms with Crippen LogP contribution >= 0.6 is 0 Å². The number of amides is 1. The van der Waals surface area contributed by atoms with E-state index in [2.05, 4.69) is 0 Å². The van der Waals surface area contributed by atoms with Crippen LogP contribution in [0.5, 0.6) is 5.75 Å². The summed E-state index contributed by atoms with van der Waals surface area (Å²) in [6, 6.07) is 7.53. The first kappa shape index (κ1) is 18.7. The SMILES string of the molecule is CCOc1ccc(CC(=O)N2CCCN(S(=O)(=O)CC)CC2)cc1. The highest BCUT2D eigenvalue weighted by molar-refractivity contribution is 7.89. The minimum Gasteiger partial charge on any atom is -0.494 e. The third-order valence-corrected chi connectivity index (χ3v) is 6.04. The van der Waals surface area contributed by atoms with Gasteiger partial charge in [0.25, 0.3) is 0 Å². The quantitative estimate of drug-likeness (QED) is 0.777. The molecule has 1 amide bonds. The van der Waals surface area contributed by atoms with Crippen molar-refractivity contribution in [1.82, 2.24) is 9.21 Å². The van der Waals surface area contributed by atoms with Crippen LogP contribution in [-0.4, -0.2) is 62.1 Å². The van der Waals surface area contributed by atoms with Crippen molar-refractivity contribution in [2.24, 2.45) is 0 Å². The van der Waals surface area contributed by atoms with Crippen molar-refractivity contribution in [2.75, 3.05) is 38.5 Å². The number of hydrogen-bond acceptors (Lipinski definition) is 4. The van der Waals surface area contributed by atoms with E-state index >= 15 is 0 Å². The summed E-state index contributed by atoms with van der Waals surface area (Å²) in [7, 11) is -3.18. The molecule has 1 aliphatic rings. The summed E-state index contributed by atoms with van der Waals surface area (Å²) < 4.78 is 30.8. The van der Waals surface area contributed by atoms with Crippen molar-refractivity contribution in [3.8, 4) is 5.75 Å². The summed E-state index contributed by atoms with van der Waals surface area (Å²) in [5.41, 5.74) is 0.936. The molecule has 1 fully saturated rings. The zero-order valence-electron chi connectivity index (χ0n) is 14.4. The van der Waals surface area contributed by atoms with Gasteiger partial charge < -0.3 is 9.64 Å². The molecule has 0 unspecified atom stereocenters. The second-order valence-electron chi connectivity index (χ2n) is 5.79. The number of ether oxygens (including phenoxy) is 1. The van der Waals surface area contributed by atoms with Crippen LogP contribution in [0.2, 0.25) is 0 Å². The average Bonchev–Trinajstić information content (AvgIpc) is 2.83. The summed E-state index contributed by atoms with van der Waals surface area (Å²) in [5.74, 6) is 0.937. The number of carbonyl (C=O) groups excluding carboxylic acids is 1. The van der Waals surface area contributed by atoms with Gasteiger partial charge in [-0.1, -0.05) is 12.1 Å². The van der Waals surface area contributed by atoms with Gasteiger partial charge in [0.1, 0.15) is 5.75 Å². The van der Waals surface area contributed by atoms with Gasteiger partial charge in [0, 0.05) is 26.2 Å². The van der Waals surface area contributed by atoms with Gasteiger partial charge in [0.05, 0.1) is 18.8 Å². The van der Waals surface area contributed by atoms with Crippen LogP contribution in [0.3, 0.4) is 0 Å². The molecule has 0 aliphatic carbocycles. The monoisotopic (exact) mass is 354 g/mol. The number of benzene rings is 1. The third kappa shape index (κ3) is 4.95. The van der Waals surface area contributed by atoms with Crippen molar-refractivity contribution in [3.05, 3.63) is 29.8 Å². The molecule has 24 heavy (non-hydrogen) atoms. The molecule has 1 aromatic rings.